The minimum atomic E-state index is -0.219. The van der Waals surface area contributed by atoms with E-state index in [1.54, 1.807) is 19.2 Å². The zero-order valence-electron chi connectivity index (χ0n) is 11.0. The zero-order chi connectivity index (χ0) is 13.4. The molecule has 0 bridgehead atoms. The summed E-state index contributed by atoms with van der Waals surface area (Å²) in [4.78, 5) is 4.61. The normalized spacial score (nSPS) is 17.0. The molecule has 1 aliphatic rings. The van der Waals surface area contributed by atoms with Crippen molar-refractivity contribution in [3.05, 3.63) is 29.8 Å². The smallest absolute Gasteiger partial charge is 0.125 e. The first kappa shape index (κ1) is 12.6. The van der Waals surface area contributed by atoms with Crippen molar-refractivity contribution >= 4 is 11.0 Å². The summed E-state index contributed by atoms with van der Waals surface area (Å²) < 4.78 is 20.9. The first-order chi connectivity index (χ1) is 9.22. The molecule has 1 atom stereocenters. The Bertz CT molecular complexity index is 588. The summed E-state index contributed by atoms with van der Waals surface area (Å²) >= 11 is 0. The van der Waals surface area contributed by atoms with Crippen LogP contribution in [0.4, 0.5) is 4.39 Å². The van der Waals surface area contributed by atoms with Crippen LogP contribution in [0.5, 0.6) is 0 Å². The maximum atomic E-state index is 13.4. The summed E-state index contributed by atoms with van der Waals surface area (Å²) in [5.74, 6) is 0.725. The molecule has 0 radical (unpaired) electrons. The van der Waals surface area contributed by atoms with E-state index in [4.69, 9.17) is 10.5 Å². The summed E-state index contributed by atoms with van der Waals surface area (Å²) in [6, 6.07) is 5.20. The summed E-state index contributed by atoms with van der Waals surface area (Å²) in [5.41, 5.74) is 7.39. The Morgan fingerprint density at radius 3 is 2.95 bits per heavy atom. The monoisotopic (exact) mass is 263 g/mol. The van der Waals surface area contributed by atoms with E-state index in [0.29, 0.717) is 19.0 Å². The van der Waals surface area contributed by atoms with E-state index in [-0.39, 0.29) is 11.9 Å². The molecular weight excluding hydrogens is 245 g/mol. The largest absolute Gasteiger partial charge is 0.380 e. The molecule has 1 aromatic carbocycles. The summed E-state index contributed by atoms with van der Waals surface area (Å²) in [6.07, 6.45) is 2.89. The van der Waals surface area contributed by atoms with Crippen molar-refractivity contribution in [2.45, 2.75) is 31.4 Å². The van der Waals surface area contributed by atoms with Crippen molar-refractivity contribution in [1.29, 1.82) is 0 Å². The lowest BCUT2D eigenvalue weighted by Crippen LogP contribution is -2.26. The van der Waals surface area contributed by atoms with Crippen molar-refractivity contribution in [2.24, 2.45) is 5.73 Å². The van der Waals surface area contributed by atoms with E-state index in [9.17, 15) is 4.39 Å². The lowest BCUT2D eigenvalue weighted by atomic mass is 10.2. The second-order valence-corrected chi connectivity index (χ2v) is 5.06. The number of nitrogens with zero attached hydrogens (tertiary/aromatic N) is 2. The Kier molecular flexibility index (Phi) is 3.24. The van der Waals surface area contributed by atoms with Crippen LogP contribution in [-0.2, 0) is 11.2 Å². The highest BCUT2D eigenvalue weighted by molar-refractivity contribution is 5.76. The van der Waals surface area contributed by atoms with Gasteiger partial charge in [-0.1, -0.05) is 0 Å². The molecule has 1 unspecified atom stereocenters. The number of hydrogen-bond acceptors (Lipinski definition) is 3. The maximum Gasteiger partial charge on any atom is 0.125 e. The molecule has 5 heteroatoms. The molecule has 0 spiro atoms. The van der Waals surface area contributed by atoms with Crippen molar-refractivity contribution in [1.82, 2.24) is 9.55 Å². The zero-order valence-corrected chi connectivity index (χ0v) is 11.0. The molecule has 1 fully saturated rings. The van der Waals surface area contributed by atoms with Gasteiger partial charge in [0.2, 0.25) is 0 Å². The number of aromatic nitrogens is 2. The Labute approximate surface area is 111 Å². The van der Waals surface area contributed by atoms with Crippen molar-refractivity contribution in [2.75, 3.05) is 13.7 Å². The Morgan fingerprint density at radius 1 is 1.53 bits per heavy atom. The number of benzene rings is 1. The highest BCUT2D eigenvalue weighted by atomic mass is 19.1. The van der Waals surface area contributed by atoms with E-state index in [1.807, 2.05) is 0 Å². The van der Waals surface area contributed by atoms with Gasteiger partial charge in [0.15, 0.2) is 0 Å². The molecule has 3 rings (SSSR count). The van der Waals surface area contributed by atoms with Gasteiger partial charge in [0.05, 0.1) is 17.1 Å². The quantitative estimate of drug-likeness (QED) is 0.898. The van der Waals surface area contributed by atoms with Gasteiger partial charge in [-0.05, 0) is 31.0 Å². The molecule has 2 N–H and O–H groups in total. The van der Waals surface area contributed by atoms with Gasteiger partial charge in [0, 0.05) is 26.1 Å². The van der Waals surface area contributed by atoms with Gasteiger partial charge in [0.25, 0.3) is 0 Å². The van der Waals surface area contributed by atoms with E-state index < -0.39 is 0 Å². The van der Waals surface area contributed by atoms with Crippen molar-refractivity contribution in [3.8, 4) is 0 Å². The average molecular weight is 263 g/mol. The van der Waals surface area contributed by atoms with Gasteiger partial charge < -0.3 is 15.0 Å². The first-order valence-electron chi connectivity index (χ1n) is 6.62. The molecule has 1 saturated carbocycles. The van der Waals surface area contributed by atoms with Crippen LogP contribution in [-0.4, -0.2) is 29.3 Å². The minimum absolute atomic E-state index is 0.0424. The average Bonchev–Trinajstić information content (AvgIpc) is 3.18. The Balaban J connectivity index is 2.05. The van der Waals surface area contributed by atoms with Crippen LogP contribution >= 0.6 is 0 Å². The molecule has 4 nitrogen and oxygen atoms in total. The molecule has 1 aromatic heterocycles. The lowest BCUT2D eigenvalue weighted by molar-refractivity contribution is 0.107. The van der Waals surface area contributed by atoms with Crippen molar-refractivity contribution in [3.63, 3.8) is 0 Å². The molecule has 0 saturated heterocycles. The van der Waals surface area contributed by atoms with Gasteiger partial charge in [-0.3, -0.25) is 0 Å². The lowest BCUT2D eigenvalue weighted by Gasteiger charge is -2.14. The fourth-order valence-electron chi connectivity index (χ4n) is 2.47. The molecule has 1 heterocycles. The summed E-state index contributed by atoms with van der Waals surface area (Å²) in [6.45, 7) is 0.457. The fourth-order valence-corrected chi connectivity index (χ4v) is 2.47. The highest BCUT2D eigenvalue weighted by Crippen LogP contribution is 2.39. The summed E-state index contributed by atoms with van der Waals surface area (Å²) in [7, 11) is 1.65. The Morgan fingerprint density at radius 2 is 2.32 bits per heavy atom. The van der Waals surface area contributed by atoms with Gasteiger partial charge in [-0.2, -0.15) is 0 Å². The number of nitrogens with two attached hydrogens (primary N) is 1. The number of fused-ring (bicyclic) bond motifs is 1. The van der Waals surface area contributed by atoms with Crippen LogP contribution in [0.1, 0.15) is 24.7 Å². The summed E-state index contributed by atoms with van der Waals surface area (Å²) in [5, 5.41) is 0. The number of rotatable bonds is 5. The number of imidazole rings is 1. The third-order valence-electron chi connectivity index (χ3n) is 3.64. The predicted octanol–water partition coefficient (Wildman–Crippen LogP) is 2.03. The fraction of sp³-hybridized carbons (Fsp3) is 0.500. The van der Waals surface area contributed by atoms with E-state index in [1.165, 1.54) is 6.07 Å². The minimum Gasteiger partial charge on any atom is -0.380 e. The second kappa shape index (κ2) is 4.90. The van der Waals surface area contributed by atoms with Crippen LogP contribution in [0.25, 0.3) is 11.0 Å². The number of ether oxygens (including phenoxy) is 1. The topological polar surface area (TPSA) is 53.1 Å². The van der Waals surface area contributed by atoms with E-state index in [0.717, 1.165) is 29.7 Å². The molecule has 0 aliphatic heterocycles. The van der Waals surface area contributed by atoms with Gasteiger partial charge in [-0.25, -0.2) is 9.37 Å². The van der Waals surface area contributed by atoms with Crippen LogP contribution < -0.4 is 5.73 Å². The Hall–Kier alpha value is -1.46. The maximum absolute atomic E-state index is 13.4. The van der Waals surface area contributed by atoms with Crippen LogP contribution in [0.15, 0.2) is 18.2 Å². The van der Waals surface area contributed by atoms with Crippen LogP contribution in [0.3, 0.4) is 0 Å². The third kappa shape index (κ3) is 2.35. The SMILES string of the molecule is COC(CN)Cc1nc2ccc(F)cc2n1C1CC1. The van der Waals surface area contributed by atoms with Gasteiger partial charge in [-0.15, -0.1) is 0 Å². The van der Waals surface area contributed by atoms with E-state index >= 15 is 0 Å². The number of hydrogen-bond donors (Lipinski definition) is 1. The molecule has 102 valence electrons. The van der Waals surface area contributed by atoms with Crippen molar-refractivity contribution < 1.29 is 9.13 Å². The van der Waals surface area contributed by atoms with Gasteiger partial charge >= 0.3 is 0 Å². The second-order valence-electron chi connectivity index (χ2n) is 5.06. The van der Waals surface area contributed by atoms with Gasteiger partial charge in [0.1, 0.15) is 11.6 Å². The predicted molar refractivity (Wildman–Crippen MR) is 71.5 cm³/mol. The molecule has 1 aliphatic carbocycles. The molecule has 0 amide bonds. The molecule has 2 aromatic rings. The third-order valence-corrected chi connectivity index (χ3v) is 3.64. The molecule has 19 heavy (non-hydrogen) atoms. The highest BCUT2D eigenvalue weighted by Gasteiger charge is 2.29. The number of halogens is 1. The van der Waals surface area contributed by atoms with Crippen LogP contribution in [0.2, 0.25) is 0 Å². The standard InChI is InChI=1S/C14H18FN3O/c1-19-11(8-16)7-14-17-12-5-2-9(15)6-13(12)18(14)10-3-4-10/h2,5-6,10-11H,3-4,7-8,16H2,1H3. The first-order valence-corrected chi connectivity index (χ1v) is 6.62. The van der Waals surface area contributed by atoms with E-state index in [2.05, 4.69) is 9.55 Å². The van der Waals surface area contributed by atoms with Crippen LogP contribution in [0, 0.1) is 5.82 Å². The molecular formula is C14H18FN3O. The number of methoxy groups -OCH3 is 1.